The van der Waals surface area contributed by atoms with Gasteiger partial charge in [0.05, 0.1) is 5.75 Å². The Labute approximate surface area is 109 Å². The van der Waals surface area contributed by atoms with Crippen molar-refractivity contribution in [3.63, 3.8) is 0 Å². The van der Waals surface area contributed by atoms with E-state index in [1.807, 2.05) is 6.26 Å². The van der Waals surface area contributed by atoms with Gasteiger partial charge in [-0.05, 0) is 6.26 Å². The van der Waals surface area contributed by atoms with Crippen LogP contribution in [0, 0.1) is 0 Å². The van der Waals surface area contributed by atoms with Gasteiger partial charge in [-0.15, -0.1) is 10.2 Å². The van der Waals surface area contributed by atoms with Gasteiger partial charge in [0, 0.05) is 12.4 Å². The smallest absolute Gasteiger partial charge is 0.277 e. The molecule has 0 spiro atoms. The van der Waals surface area contributed by atoms with E-state index in [4.69, 9.17) is 0 Å². The molecule has 0 fully saturated rings. The van der Waals surface area contributed by atoms with Crippen molar-refractivity contribution in [1.82, 2.24) is 19.7 Å². The fourth-order valence-electron chi connectivity index (χ4n) is 1.10. The third-order valence-electron chi connectivity index (χ3n) is 1.85. The van der Waals surface area contributed by atoms with Crippen LogP contribution in [0.2, 0.25) is 0 Å². The van der Waals surface area contributed by atoms with E-state index in [-0.39, 0.29) is 0 Å². The third-order valence-corrected chi connectivity index (χ3v) is 4.87. The van der Waals surface area contributed by atoms with Crippen LogP contribution in [0.25, 0.3) is 0 Å². The second kappa shape index (κ2) is 5.78. The van der Waals surface area contributed by atoms with Crippen LogP contribution in [-0.4, -0.2) is 26.0 Å². The molecule has 0 atom stereocenters. The lowest BCUT2D eigenvalue weighted by molar-refractivity contribution is 0.0678. The summed E-state index contributed by atoms with van der Waals surface area (Å²) in [6.45, 7) is -2.55. The second-order valence-corrected chi connectivity index (χ2v) is 6.11. The largest absolute Gasteiger partial charge is 0.319 e. The summed E-state index contributed by atoms with van der Waals surface area (Å²) in [7, 11) is 0. The van der Waals surface area contributed by atoms with Crippen molar-refractivity contribution in [2.24, 2.45) is 0 Å². The number of hydrogen-bond acceptors (Lipinski definition) is 6. The molecule has 0 saturated carbocycles. The van der Waals surface area contributed by atoms with Crippen molar-refractivity contribution >= 4 is 34.9 Å². The van der Waals surface area contributed by atoms with Crippen molar-refractivity contribution in [3.8, 4) is 0 Å². The number of rotatable bonds is 5. The molecule has 4 nitrogen and oxygen atoms in total. The fraction of sp³-hybridized carbons (Fsp3) is 0.375. The molecule has 2 heterocycles. The first-order valence-corrected chi connectivity index (χ1v) is 7.53. The number of thioether (sulfide) groups is 2. The Morgan fingerprint density at radius 3 is 2.82 bits per heavy atom. The molecule has 0 amide bonds. The number of halogens is 2. The highest BCUT2D eigenvalue weighted by molar-refractivity contribution is 8.02. The lowest BCUT2D eigenvalue weighted by atomic mass is 10.7. The van der Waals surface area contributed by atoms with Gasteiger partial charge in [-0.2, -0.15) is 8.78 Å². The van der Waals surface area contributed by atoms with Crippen molar-refractivity contribution in [2.75, 3.05) is 6.26 Å². The van der Waals surface area contributed by atoms with Crippen LogP contribution in [-0.2, 0) is 5.75 Å². The zero-order valence-corrected chi connectivity index (χ0v) is 11.2. The van der Waals surface area contributed by atoms with Gasteiger partial charge in [-0.25, -0.2) is 4.98 Å². The highest BCUT2D eigenvalue weighted by Gasteiger charge is 2.12. The molecule has 0 radical (unpaired) electrons. The van der Waals surface area contributed by atoms with E-state index in [9.17, 15) is 8.78 Å². The van der Waals surface area contributed by atoms with E-state index in [0.717, 1.165) is 13.2 Å². The van der Waals surface area contributed by atoms with Gasteiger partial charge in [0.2, 0.25) is 0 Å². The van der Waals surface area contributed by atoms with E-state index in [1.165, 1.54) is 47.3 Å². The molecule has 0 saturated heterocycles. The summed E-state index contributed by atoms with van der Waals surface area (Å²) in [5.41, 5.74) is 0. The van der Waals surface area contributed by atoms with Crippen LogP contribution in [0.15, 0.2) is 21.1 Å². The molecule has 17 heavy (non-hydrogen) atoms. The molecule has 92 valence electrons. The highest BCUT2D eigenvalue weighted by atomic mass is 32.2. The maximum absolute atomic E-state index is 12.5. The van der Waals surface area contributed by atoms with Crippen LogP contribution in [0.1, 0.15) is 12.4 Å². The van der Waals surface area contributed by atoms with Crippen LogP contribution in [0.5, 0.6) is 0 Å². The normalized spacial score (nSPS) is 11.3. The van der Waals surface area contributed by atoms with Crippen molar-refractivity contribution in [1.29, 1.82) is 0 Å². The predicted octanol–water partition coefficient (Wildman–Crippen LogP) is 3.14. The summed E-state index contributed by atoms with van der Waals surface area (Å²) in [6.07, 6.45) is 4.56. The van der Waals surface area contributed by atoms with Crippen molar-refractivity contribution in [3.05, 3.63) is 18.2 Å². The molecule has 0 N–H and O–H groups in total. The maximum atomic E-state index is 12.5. The topological polar surface area (TPSA) is 43.6 Å². The second-order valence-electron chi connectivity index (χ2n) is 2.86. The number of hydrogen-bond donors (Lipinski definition) is 0. The minimum Gasteiger partial charge on any atom is -0.277 e. The Morgan fingerprint density at radius 1 is 1.41 bits per heavy atom. The predicted molar refractivity (Wildman–Crippen MR) is 64.7 cm³/mol. The third kappa shape index (κ3) is 3.17. The van der Waals surface area contributed by atoms with Gasteiger partial charge in [0.1, 0.15) is 5.82 Å². The van der Waals surface area contributed by atoms with Gasteiger partial charge < -0.3 is 0 Å². The number of alkyl halides is 2. The first kappa shape index (κ1) is 12.8. The van der Waals surface area contributed by atoms with E-state index in [1.54, 1.807) is 0 Å². The Balaban J connectivity index is 1.99. The van der Waals surface area contributed by atoms with Gasteiger partial charge in [0.15, 0.2) is 8.68 Å². The monoisotopic (exact) mass is 294 g/mol. The lowest BCUT2D eigenvalue weighted by Crippen LogP contribution is -2.01. The lowest BCUT2D eigenvalue weighted by Gasteiger charge is -2.04. The standard InChI is InChI=1S/C8H8F2N4S3/c1-15-7-12-13-8(17-7)16-4-5-11-2-3-14(5)6(9)10/h2-3,6H,4H2,1H3. The first-order chi connectivity index (χ1) is 8.20. The summed E-state index contributed by atoms with van der Waals surface area (Å²) < 4.78 is 27.5. The Kier molecular flexibility index (Phi) is 4.35. The first-order valence-electron chi connectivity index (χ1n) is 4.51. The molecule has 2 aromatic heterocycles. The summed E-state index contributed by atoms with van der Waals surface area (Å²) in [4.78, 5) is 3.89. The van der Waals surface area contributed by atoms with Crippen LogP contribution >= 0.6 is 34.9 Å². The molecule has 0 aliphatic rings. The number of imidazole rings is 1. The molecule has 2 aromatic rings. The van der Waals surface area contributed by atoms with Gasteiger partial charge in [-0.3, -0.25) is 4.57 Å². The summed E-state index contributed by atoms with van der Waals surface area (Å²) >= 11 is 4.32. The van der Waals surface area contributed by atoms with Crippen LogP contribution in [0.3, 0.4) is 0 Å². The minimum atomic E-state index is -2.55. The van der Waals surface area contributed by atoms with Gasteiger partial charge in [-0.1, -0.05) is 34.9 Å². The maximum Gasteiger partial charge on any atom is 0.319 e. The summed E-state index contributed by atoms with van der Waals surface area (Å²) in [5, 5.41) is 7.87. The molecular weight excluding hydrogens is 286 g/mol. The van der Waals surface area contributed by atoms with Crippen LogP contribution < -0.4 is 0 Å². The molecule has 0 aliphatic heterocycles. The van der Waals surface area contributed by atoms with E-state index >= 15 is 0 Å². The molecule has 0 aromatic carbocycles. The Bertz CT molecular complexity index is 485. The van der Waals surface area contributed by atoms with Gasteiger partial charge in [0.25, 0.3) is 0 Å². The highest BCUT2D eigenvalue weighted by Crippen LogP contribution is 2.29. The molecular formula is C8H8F2N4S3. The van der Waals surface area contributed by atoms with E-state index in [2.05, 4.69) is 15.2 Å². The molecule has 0 unspecified atom stereocenters. The summed E-state index contributed by atoms with van der Waals surface area (Å²) in [6, 6.07) is 0. The molecule has 9 heteroatoms. The number of nitrogens with zero attached hydrogens (tertiary/aromatic N) is 4. The number of aromatic nitrogens is 4. The molecule has 0 bridgehead atoms. The van der Waals surface area contributed by atoms with Crippen molar-refractivity contribution < 1.29 is 8.78 Å². The minimum absolute atomic E-state index is 0.339. The van der Waals surface area contributed by atoms with E-state index in [0.29, 0.717) is 11.6 Å². The molecule has 0 aliphatic carbocycles. The van der Waals surface area contributed by atoms with Gasteiger partial charge >= 0.3 is 6.55 Å². The molecule has 2 rings (SSSR count). The summed E-state index contributed by atoms with van der Waals surface area (Å²) in [5.74, 6) is 0.700. The SMILES string of the molecule is CSc1nnc(SCc2nccn2C(F)F)s1. The average molecular weight is 294 g/mol. The zero-order valence-electron chi connectivity index (χ0n) is 8.71. The van der Waals surface area contributed by atoms with Crippen molar-refractivity contribution in [2.45, 2.75) is 21.0 Å². The Hall–Kier alpha value is -0.670. The average Bonchev–Trinajstić information content (AvgIpc) is 2.95. The quantitative estimate of drug-likeness (QED) is 0.793. The fourth-order valence-corrected chi connectivity index (χ4v) is 3.49. The van der Waals surface area contributed by atoms with E-state index < -0.39 is 6.55 Å². The Morgan fingerprint density at radius 2 is 2.18 bits per heavy atom. The van der Waals surface area contributed by atoms with Crippen LogP contribution in [0.4, 0.5) is 8.78 Å². The zero-order chi connectivity index (χ0) is 12.3.